The second-order valence-corrected chi connectivity index (χ2v) is 11.9. The lowest BCUT2D eigenvalue weighted by atomic mass is 9.99. The van der Waals surface area contributed by atoms with E-state index < -0.39 is 0 Å². The number of unbranched alkanes of at least 4 members (excludes halogenated alkanes) is 20. The van der Waals surface area contributed by atoms with E-state index in [1.165, 1.54) is 116 Å². The highest BCUT2D eigenvalue weighted by Gasteiger charge is 2.11. The Balaban J connectivity index is 3.52. The van der Waals surface area contributed by atoms with Crippen molar-refractivity contribution in [2.45, 2.75) is 194 Å². The first-order chi connectivity index (χ1) is 19.1. The zero-order valence-electron chi connectivity index (χ0n) is 26.7. The summed E-state index contributed by atoms with van der Waals surface area (Å²) in [6.07, 6.45) is 32.2. The molecule has 0 rings (SSSR count). The number of rotatable bonds is 31. The number of esters is 2. The van der Waals surface area contributed by atoms with Crippen molar-refractivity contribution >= 4 is 11.9 Å². The van der Waals surface area contributed by atoms with Gasteiger partial charge in [0, 0.05) is 12.8 Å². The van der Waals surface area contributed by atoms with Crippen molar-refractivity contribution in [1.29, 1.82) is 0 Å². The second kappa shape index (κ2) is 31.5. The van der Waals surface area contributed by atoms with Gasteiger partial charge in [-0.1, -0.05) is 156 Å². The third kappa shape index (κ3) is 29.7. The minimum atomic E-state index is -0.0563. The lowest BCUT2D eigenvalue weighted by Crippen LogP contribution is -2.13. The number of hydrogen-bond donors (Lipinski definition) is 0. The monoisotopic (exact) mass is 553 g/mol. The van der Waals surface area contributed by atoms with Crippen LogP contribution in [0, 0.1) is 5.92 Å². The molecular weight excluding hydrogens is 484 g/mol. The predicted molar refractivity (Wildman–Crippen MR) is 167 cm³/mol. The molecule has 0 radical (unpaired) electrons. The fraction of sp³-hybridized carbons (Fsp3) is 0.943. The zero-order chi connectivity index (χ0) is 28.7. The normalized spacial score (nSPS) is 11.3. The van der Waals surface area contributed by atoms with E-state index in [1.807, 2.05) is 0 Å². The molecule has 0 saturated heterocycles. The molecule has 232 valence electrons. The van der Waals surface area contributed by atoms with Crippen LogP contribution in [0.4, 0.5) is 0 Å². The lowest BCUT2D eigenvalue weighted by Gasteiger charge is -2.15. The first kappa shape index (κ1) is 37.9. The van der Waals surface area contributed by atoms with Crippen molar-refractivity contribution in [3.8, 4) is 0 Å². The number of hydrogen-bond acceptors (Lipinski definition) is 4. The summed E-state index contributed by atoms with van der Waals surface area (Å²) in [5.74, 6) is 0.327. The van der Waals surface area contributed by atoms with Crippen LogP contribution >= 0.6 is 0 Å². The Hall–Kier alpha value is -1.06. The van der Waals surface area contributed by atoms with Crippen LogP contribution in [0.15, 0.2) is 0 Å². The first-order valence-electron chi connectivity index (χ1n) is 17.4. The Morgan fingerprint density at radius 1 is 0.436 bits per heavy atom. The summed E-state index contributed by atoms with van der Waals surface area (Å²) < 4.78 is 10.9. The van der Waals surface area contributed by atoms with Gasteiger partial charge in [-0.25, -0.2) is 0 Å². The Kier molecular flexibility index (Phi) is 30.6. The Morgan fingerprint density at radius 2 is 0.718 bits per heavy atom. The average molecular weight is 553 g/mol. The molecule has 0 heterocycles. The molecule has 4 nitrogen and oxygen atoms in total. The summed E-state index contributed by atoms with van der Waals surface area (Å²) in [6.45, 7) is 7.66. The zero-order valence-corrected chi connectivity index (χ0v) is 26.7. The third-order valence-electron chi connectivity index (χ3n) is 8.12. The van der Waals surface area contributed by atoms with Crippen molar-refractivity contribution in [3.05, 3.63) is 0 Å². The van der Waals surface area contributed by atoms with Crippen LogP contribution in [-0.2, 0) is 19.1 Å². The van der Waals surface area contributed by atoms with Gasteiger partial charge in [-0.3, -0.25) is 9.59 Å². The van der Waals surface area contributed by atoms with Crippen molar-refractivity contribution in [2.75, 3.05) is 13.2 Å². The van der Waals surface area contributed by atoms with Gasteiger partial charge in [0.1, 0.15) is 0 Å². The number of ether oxygens (including phenoxy) is 2. The molecule has 0 saturated carbocycles. The standard InChI is InChI=1S/C35H68O4/c1-4-7-9-11-13-15-17-19-21-23-25-27-34(36)38-31-29-33(6-3)30-32-39-35(37)28-26-24-22-20-18-16-14-12-10-8-5-2/h33H,4-32H2,1-3H3. The Bertz CT molecular complexity index is 475. The van der Waals surface area contributed by atoms with Crippen molar-refractivity contribution in [1.82, 2.24) is 0 Å². The fourth-order valence-electron chi connectivity index (χ4n) is 5.24. The maximum atomic E-state index is 12.0. The topological polar surface area (TPSA) is 52.6 Å². The largest absolute Gasteiger partial charge is 0.466 e. The summed E-state index contributed by atoms with van der Waals surface area (Å²) in [4.78, 5) is 24.1. The van der Waals surface area contributed by atoms with Crippen LogP contribution in [0.2, 0.25) is 0 Å². The van der Waals surface area contributed by atoms with E-state index in [1.54, 1.807) is 0 Å². The third-order valence-corrected chi connectivity index (χ3v) is 8.12. The van der Waals surface area contributed by atoms with E-state index in [2.05, 4.69) is 20.8 Å². The maximum Gasteiger partial charge on any atom is 0.305 e. The van der Waals surface area contributed by atoms with Crippen LogP contribution in [0.5, 0.6) is 0 Å². The van der Waals surface area contributed by atoms with Crippen LogP contribution in [0.1, 0.15) is 194 Å². The molecule has 0 unspecified atom stereocenters. The minimum absolute atomic E-state index is 0.0563. The highest BCUT2D eigenvalue weighted by atomic mass is 16.5. The molecule has 0 N–H and O–H groups in total. The Morgan fingerprint density at radius 3 is 1.00 bits per heavy atom. The van der Waals surface area contributed by atoms with E-state index >= 15 is 0 Å². The molecule has 0 aliphatic heterocycles. The molecule has 4 heteroatoms. The lowest BCUT2D eigenvalue weighted by molar-refractivity contribution is -0.144. The van der Waals surface area contributed by atoms with Gasteiger partial charge in [0.25, 0.3) is 0 Å². The number of carbonyl (C=O) groups is 2. The SMILES string of the molecule is CCCCCCCCCCCCCC(=O)OCCC(CC)CCOC(=O)CCCCCCCCCCCCC. The van der Waals surface area contributed by atoms with E-state index in [4.69, 9.17) is 9.47 Å². The molecule has 0 fully saturated rings. The minimum Gasteiger partial charge on any atom is -0.466 e. The molecule has 0 spiro atoms. The van der Waals surface area contributed by atoms with Gasteiger partial charge in [0.15, 0.2) is 0 Å². The summed E-state index contributed by atoms with van der Waals surface area (Å²) >= 11 is 0. The molecule has 0 bridgehead atoms. The van der Waals surface area contributed by atoms with Crippen LogP contribution in [0.3, 0.4) is 0 Å². The van der Waals surface area contributed by atoms with Crippen LogP contribution in [0.25, 0.3) is 0 Å². The summed E-state index contributed by atoms with van der Waals surface area (Å²) in [5, 5.41) is 0. The quantitative estimate of drug-likeness (QED) is 0.0634. The van der Waals surface area contributed by atoms with Gasteiger partial charge in [0.2, 0.25) is 0 Å². The molecule has 0 atom stereocenters. The summed E-state index contributed by atoms with van der Waals surface area (Å²) in [6, 6.07) is 0. The molecule has 0 aliphatic carbocycles. The van der Waals surface area contributed by atoms with E-state index in [-0.39, 0.29) is 11.9 Å². The smallest absolute Gasteiger partial charge is 0.305 e. The van der Waals surface area contributed by atoms with Gasteiger partial charge in [-0.15, -0.1) is 0 Å². The van der Waals surface area contributed by atoms with Gasteiger partial charge in [-0.2, -0.15) is 0 Å². The van der Waals surface area contributed by atoms with Crippen molar-refractivity contribution < 1.29 is 19.1 Å². The first-order valence-corrected chi connectivity index (χ1v) is 17.4. The maximum absolute atomic E-state index is 12.0. The predicted octanol–water partition coefficient (Wildman–Crippen LogP) is 11.3. The molecule has 0 aromatic heterocycles. The summed E-state index contributed by atoms with van der Waals surface area (Å²) in [5.41, 5.74) is 0. The van der Waals surface area contributed by atoms with E-state index in [0.29, 0.717) is 32.0 Å². The molecule has 0 amide bonds. The Labute approximate surface area is 244 Å². The highest BCUT2D eigenvalue weighted by Crippen LogP contribution is 2.16. The second-order valence-electron chi connectivity index (χ2n) is 11.9. The van der Waals surface area contributed by atoms with Gasteiger partial charge in [0.05, 0.1) is 13.2 Å². The van der Waals surface area contributed by atoms with Crippen molar-refractivity contribution in [3.63, 3.8) is 0 Å². The van der Waals surface area contributed by atoms with Gasteiger partial charge < -0.3 is 9.47 Å². The molecule has 0 aromatic carbocycles. The number of carbonyl (C=O) groups excluding carboxylic acids is 2. The molecule has 39 heavy (non-hydrogen) atoms. The van der Waals surface area contributed by atoms with Gasteiger partial charge >= 0.3 is 11.9 Å². The van der Waals surface area contributed by atoms with Gasteiger partial charge in [-0.05, 0) is 31.6 Å². The van der Waals surface area contributed by atoms with E-state index in [9.17, 15) is 9.59 Å². The van der Waals surface area contributed by atoms with E-state index in [0.717, 1.165) is 44.9 Å². The van der Waals surface area contributed by atoms with Crippen LogP contribution in [-0.4, -0.2) is 25.2 Å². The fourth-order valence-corrected chi connectivity index (χ4v) is 5.24. The summed E-state index contributed by atoms with van der Waals surface area (Å²) in [7, 11) is 0. The highest BCUT2D eigenvalue weighted by molar-refractivity contribution is 5.69. The van der Waals surface area contributed by atoms with Crippen molar-refractivity contribution in [2.24, 2.45) is 5.92 Å². The van der Waals surface area contributed by atoms with Crippen LogP contribution < -0.4 is 0 Å². The molecule has 0 aliphatic rings. The molecule has 0 aromatic rings. The average Bonchev–Trinajstić information content (AvgIpc) is 2.93. The molecular formula is C35H68O4.